The van der Waals surface area contributed by atoms with E-state index in [1.54, 1.807) is 12.1 Å². The average Bonchev–Trinajstić information content (AvgIpc) is 2.83. The highest BCUT2D eigenvalue weighted by Crippen LogP contribution is 2.14. The molecule has 4 N–H and O–H groups in total. The monoisotopic (exact) mass is 315 g/mol. The first-order valence-electron chi connectivity index (χ1n) is 5.94. The van der Waals surface area contributed by atoms with Crippen LogP contribution in [0.3, 0.4) is 0 Å². The van der Waals surface area contributed by atoms with Crippen LogP contribution in [0.1, 0.15) is 21.0 Å². The molecule has 0 aromatic carbocycles. The van der Waals surface area contributed by atoms with Gasteiger partial charge in [-0.05, 0) is 18.6 Å². The van der Waals surface area contributed by atoms with E-state index in [4.69, 9.17) is 5.73 Å². The van der Waals surface area contributed by atoms with Crippen molar-refractivity contribution in [2.75, 3.05) is 25.9 Å². The Morgan fingerprint density at radius 2 is 2.15 bits per heavy atom. The smallest absolute Gasteiger partial charge is 0.261 e. The molecule has 0 aliphatic rings. The lowest BCUT2D eigenvalue weighted by atomic mass is 10.4. The van der Waals surface area contributed by atoms with Crippen molar-refractivity contribution in [2.24, 2.45) is 5.73 Å². The third-order valence-corrected chi connectivity index (χ3v) is 3.87. The number of nitrogens with two attached hydrogens (primary N) is 1. The summed E-state index contributed by atoms with van der Waals surface area (Å²) in [5.74, 6) is 5.40. The second kappa shape index (κ2) is 8.01. The van der Waals surface area contributed by atoms with Crippen molar-refractivity contribution in [3.8, 4) is 11.8 Å². The lowest BCUT2D eigenvalue weighted by molar-refractivity contribution is 0.0957. The molecule has 1 amide bonds. The van der Waals surface area contributed by atoms with Crippen LogP contribution in [0, 0.1) is 11.8 Å². The van der Waals surface area contributed by atoms with E-state index in [2.05, 4.69) is 21.9 Å². The minimum atomic E-state index is -3.17. The van der Waals surface area contributed by atoms with Crippen LogP contribution in [-0.2, 0) is 10.0 Å². The van der Waals surface area contributed by atoms with Crippen molar-refractivity contribution >= 4 is 27.3 Å². The van der Waals surface area contributed by atoms with Gasteiger partial charge in [0.25, 0.3) is 5.91 Å². The zero-order chi connectivity index (χ0) is 15.0. The molecular weight excluding hydrogens is 298 g/mol. The highest BCUT2D eigenvalue weighted by molar-refractivity contribution is 7.88. The second-order valence-corrected chi connectivity index (χ2v) is 6.86. The van der Waals surface area contributed by atoms with Gasteiger partial charge in [0, 0.05) is 13.1 Å². The zero-order valence-electron chi connectivity index (χ0n) is 11.1. The molecule has 20 heavy (non-hydrogen) atoms. The van der Waals surface area contributed by atoms with E-state index in [0.717, 1.165) is 11.1 Å². The summed E-state index contributed by atoms with van der Waals surface area (Å²) < 4.78 is 24.0. The number of carbonyl (C=O) groups is 1. The van der Waals surface area contributed by atoms with Gasteiger partial charge in [-0.3, -0.25) is 4.79 Å². The number of thiophene rings is 1. The van der Waals surface area contributed by atoms with Crippen LogP contribution in [0.15, 0.2) is 12.1 Å². The molecule has 8 heteroatoms. The maximum Gasteiger partial charge on any atom is 0.261 e. The van der Waals surface area contributed by atoms with Crippen LogP contribution in [0.4, 0.5) is 0 Å². The van der Waals surface area contributed by atoms with Crippen molar-refractivity contribution in [2.45, 2.75) is 6.42 Å². The zero-order valence-corrected chi connectivity index (χ0v) is 12.7. The van der Waals surface area contributed by atoms with Crippen LogP contribution in [0.5, 0.6) is 0 Å². The molecule has 0 spiro atoms. The minimum absolute atomic E-state index is 0.185. The van der Waals surface area contributed by atoms with Gasteiger partial charge >= 0.3 is 0 Å². The topological polar surface area (TPSA) is 101 Å². The molecule has 1 aromatic heterocycles. The first kappa shape index (κ1) is 16.7. The molecule has 0 saturated carbocycles. The van der Waals surface area contributed by atoms with Crippen molar-refractivity contribution in [3.63, 3.8) is 0 Å². The quantitative estimate of drug-likeness (QED) is 0.497. The lowest BCUT2D eigenvalue weighted by Gasteiger charge is -2.04. The fourth-order valence-electron chi connectivity index (χ4n) is 1.30. The molecule has 0 aliphatic heterocycles. The largest absolute Gasteiger partial charge is 0.351 e. The summed E-state index contributed by atoms with van der Waals surface area (Å²) in [7, 11) is -3.17. The third-order valence-electron chi connectivity index (χ3n) is 2.15. The standard InChI is InChI=1S/C12H17N3O3S2/c1-20(17,18)15-9-3-8-14-12(16)11-6-5-10(19-11)4-2-7-13/h5-6,15H,3,7-9,13H2,1H3,(H,14,16). The highest BCUT2D eigenvalue weighted by atomic mass is 32.2. The average molecular weight is 315 g/mol. The normalized spacial score (nSPS) is 10.7. The van der Waals surface area contributed by atoms with Crippen LogP contribution in [0.2, 0.25) is 0 Å². The number of hydrogen-bond acceptors (Lipinski definition) is 5. The van der Waals surface area contributed by atoms with Crippen LogP contribution >= 0.6 is 11.3 Å². The van der Waals surface area contributed by atoms with Gasteiger partial charge < -0.3 is 11.1 Å². The van der Waals surface area contributed by atoms with Crippen molar-refractivity contribution in [1.29, 1.82) is 0 Å². The number of sulfonamides is 1. The number of rotatable bonds is 6. The minimum Gasteiger partial charge on any atom is -0.351 e. The van der Waals surface area contributed by atoms with Crippen molar-refractivity contribution in [3.05, 3.63) is 21.9 Å². The van der Waals surface area contributed by atoms with Gasteiger partial charge in [-0.2, -0.15) is 0 Å². The molecule has 0 aliphatic carbocycles. The molecule has 1 rings (SSSR count). The summed E-state index contributed by atoms with van der Waals surface area (Å²) >= 11 is 1.30. The summed E-state index contributed by atoms with van der Waals surface area (Å²) in [5.41, 5.74) is 5.27. The Balaban J connectivity index is 2.34. The van der Waals surface area contributed by atoms with Crippen molar-refractivity contribution < 1.29 is 13.2 Å². The molecule has 0 fully saturated rings. The summed E-state index contributed by atoms with van der Waals surface area (Å²) in [6, 6.07) is 3.47. The van der Waals surface area contributed by atoms with Gasteiger partial charge in [-0.1, -0.05) is 11.8 Å². The Morgan fingerprint density at radius 3 is 2.80 bits per heavy atom. The summed E-state index contributed by atoms with van der Waals surface area (Å²) in [5, 5.41) is 2.72. The number of amides is 1. The second-order valence-electron chi connectivity index (χ2n) is 3.95. The number of nitrogens with one attached hydrogen (secondary N) is 2. The molecule has 0 bridgehead atoms. The fraction of sp³-hybridized carbons (Fsp3) is 0.417. The van der Waals surface area contributed by atoms with Crippen molar-refractivity contribution in [1.82, 2.24) is 10.0 Å². The van der Waals surface area contributed by atoms with Crippen LogP contribution in [0.25, 0.3) is 0 Å². The van der Waals surface area contributed by atoms with Gasteiger partial charge in [0.1, 0.15) is 0 Å². The van der Waals surface area contributed by atoms with E-state index in [0.29, 0.717) is 24.4 Å². The predicted octanol–water partition coefficient (Wildman–Crippen LogP) is -0.273. The Kier molecular flexibility index (Phi) is 6.67. The van der Waals surface area contributed by atoms with E-state index in [1.807, 2.05) is 0 Å². The molecule has 0 saturated heterocycles. The predicted molar refractivity (Wildman–Crippen MR) is 80.0 cm³/mol. The summed E-state index contributed by atoms with van der Waals surface area (Å²) in [6.45, 7) is 0.993. The molecule has 1 aromatic rings. The number of hydrogen-bond donors (Lipinski definition) is 3. The maximum atomic E-state index is 11.8. The highest BCUT2D eigenvalue weighted by Gasteiger charge is 2.07. The SMILES string of the molecule is CS(=O)(=O)NCCCNC(=O)c1ccc(C#CCN)s1. The van der Waals surface area contributed by atoms with Gasteiger partial charge in [-0.15, -0.1) is 11.3 Å². The number of carbonyl (C=O) groups excluding carboxylic acids is 1. The van der Waals surface area contributed by atoms with E-state index in [-0.39, 0.29) is 12.5 Å². The molecule has 0 unspecified atom stereocenters. The van der Waals surface area contributed by atoms with Crippen LogP contribution in [-0.4, -0.2) is 40.2 Å². The fourth-order valence-corrected chi connectivity index (χ4v) is 2.61. The van der Waals surface area contributed by atoms with Crippen LogP contribution < -0.4 is 15.8 Å². The van der Waals surface area contributed by atoms with Gasteiger partial charge in [0.05, 0.1) is 22.6 Å². The summed E-state index contributed by atoms with van der Waals surface area (Å²) in [4.78, 5) is 13.1. The van der Waals surface area contributed by atoms with Gasteiger partial charge in [-0.25, -0.2) is 13.1 Å². The molecule has 1 heterocycles. The molecule has 110 valence electrons. The third kappa shape index (κ3) is 6.68. The van der Waals surface area contributed by atoms with E-state index >= 15 is 0 Å². The maximum absolute atomic E-state index is 11.8. The van der Waals surface area contributed by atoms with E-state index in [9.17, 15) is 13.2 Å². The Labute approximate surface area is 122 Å². The van der Waals surface area contributed by atoms with E-state index in [1.165, 1.54) is 11.3 Å². The Bertz CT molecular complexity index is 611. The lowest BCUT2D eigenvalue weighted by Crippen LogP contribution is -2.28. The summed E-state index contributed by atoms with van der Waals surface area (Å²) in [6.07, 6.45) is 1.63. The Hall–Kier alpha value is -1.40. The molecular formula is C12H17N3O3S2. The van der Waals surface area contributed by atoms with E-state index < -0.39 is 10.0 Å². The van der Waals surface area contributed by atoms with Gasteiger partial charge in [0.15, 0.2) is 0 Å². The Morgan fingerprint density at radius 1 is 1.40 bits per heavy atom. The first-order chi connectivity index (χ1) is 9.42. The molecule has 0 radical (unpaired) electrons. The van der Waals surface area contributed by atoms with Gasteiger partial charge in [0.2, 0.25) is 10.0 Å². The first-order valence-corrected chi connectivity index (χ1v) is 8.65. The molecule has 6 nitrogen and oxygen atoms in total. The molecule has 0 atom stereocenters.